The molecule has 176 valence electrons. The van der Waals surface area contributed by atoms with Crippen LogP contribution in [0.5, 0.6) is 5.75 Å². The van der Waals surface area contributed by atoms with Crippen LogP contribution in [0.4, 0.5) is 22.7 Å². The molecule has 2 N–H and O–H groups in total. The first kappa shape index (κ1) is 22.8. The summed E-state index contributed by atoms with van der Waals surface area (Å²) in [5.41, 5.74) is 1.18. The van der Waals surface area contributed by atoms with Crippen LogP contribution in [0.15, 0.2) is 59.2 Å². The Morgan fingerprint density at radius 3 is 2.53 bits per heavy atom. The van der Waals surface area contributed by atoms with E-state index in [1.807, 2.05) is 4.90 Å². The van der Waals surface area contributed by atoms with E-state index in [-0.39, 0.29) is 22.7 Å². The topological polar surface area (TPSA) is 136 Å². The van der Waals surface area contributed by atoms with Crippen molar-refractivity contribution < 1.29 is 28.4 Å². The van der Waals surface area contributed by atoms with Crippen LogP contribution in [0.2, 0.25) is 0 Å². The second-order valence-electron chi connectivity index (χ2n) is 7.36. The molecule has 1 fully saturated rings. The first-order valence-electron chi connectivity index (χ1n) is 10.4. The van der Waals surface area contributed by atoms with Crippen molar-refractivity contribution in [3.05, 3.63) is 76.2 Å². The van der Waals surface area contributed by atoms with Crippen molar-refractivity contribution in [3.63, 3.8) is 0 Å². The molecule has 2 aromatic carbocycles. The number of furan rings is 1. The van der Waals surface area contributed by atoms with Gasteiger partial charge in [0.15, 0.2) is 5.76 Å². The Hall–Kier alpha value is -4.38. The predicted molar refractivity (Wildman–Crippen MR) is 124 cm³/mol. The Bertz CT molecular complexity index is 1200. The second kappa shape index (κ2) is 10.0. The third-order valence-corrected chi connectivity index (χ3v) is 5.24. The number of rotatable bonds is 7. The van der Waals surface area contributed by atoms with Gasteiger partial charge in [-0.3, -0.25) is 19.7 Å². The van der Waals surface area contributed by atoms with Gasteiger partial charge >= 0.3 is 0 Å². The van der Waals surface area contributed by atoms with Gasteiger partial charge in [0.1, 0.15) is 5.75 Å². The molecule has 1 aliphatic heterocycles. The smallest absolute Gasteiger partial charge is 0.291 e. The summed E-state index contributed by atoms with van der Waals surface area (Å²) in [6.07, 6.45) is 1.39. The highest BCUT2D eigenvalue weighted by Gasteiger charge is 2.23. The van der Waals surface area contributed by atoms with Crippen molar-refractivity contribution in [2.75, 3.05) is 48.9 Å². The van der Waals surface area contributed by atoms with E-state index in [1.165, 1.54) is 37.6 Å². The quantitative estimate of drug-likeness (QED) is 0.399. The van der Waals surface area contributed by atoms with Gasteiger partial charge in [-0.05, 0) is 36.4 Å². The van der Waals surface area contributed by atoms with Crippen molar-refractivity contribution in [2.24, 2.45) is 0 Å². The number of carbonyl (C=O) groups excluding carboxylic acids is 2. The van der Waals surface area contributed by atoms with E-state index in [0.717, 1.165) is 0 Å². The minimum atomic E-state index is -0.557. The molecule has 0 bridgehead atoms. The van der Waals surface area contributed by atoms with Gasteiger partial charge in [0, 0.05) is 30.9 Å². The number of nitro benzene ring substituents is 1. The molecule has 34 heavy (non-hydrogen) atoms. The summed E-state index contributed by atoms with van der Waals surface area (Å²) in [7, 11) is 1.44. The molecule has 1 aliphatic rings. The molecule has 4 rings (SSSR count). The number of nitrogens with zero attached hydrogens (tertiary/aromatic N) is 2. The minimum absolute atomic E-state index is 0.133. The second-order valence-corrected chi connectivity index (χ2v) is 7.36. The monoisotopic (exact) mass is 466 g/mol. The van der Waals surface area contributed by atoms with Gasteiger partial charge in [-0.1, -0.05) is 0 Å². The molecular formula is C23H22N4O7. The first-order chi connectivity index (χ1) is 16.5. The molecule has 0 atom stereocenters. The summed E-state index contributed by atoms with van der Waals surface area (Å²) in [6, 6.07) is 12.0. The lowest BCUT2D eigenvalue weighted by molar-refractivity contribution is -0.384. The third-order valence-electron chi connectivity index (χ3n) is 5.24. The number of nitrogens with one attached hydrogen (secondary N) is 2. The van der Waals surface area contributed by atoms with Crippen LogP contribution < -0.4 is 20.3 Å². The zero-order chi connectivity index (χ0) is 24.1. The number of ether oxygens (including phenoxy) is 2. The van der Waals surface area contributed by atoms with Gasteiger partial charge in [0.25, 0.3) is 17.5 Å². The van der Waals surface area contributed by atoms with Crippen LogP contribution in [0, 0.1) is 10.1 Å². The number of benzene rings is 2. The zero-order valence-electron chi connectivity index (χ0n) is 18.3. The summed E-state index contributed by atoms with van der Waals surface area (Å²) in [4.78, 5) is 38.3. The molecule has 2 heterocycles. The average molecular weight is 466 g/mol. The lowest BCUT2D eigenvalue weighted by atomic mass is 10.1. The van der Waals surface area contributed by atoms with E-state index in [2.05, 4.69) is 10.6 Å². The number of anilines is 3. The Balaban J connectivity index is 1.63. The first-order valence-corrected chi connectivity index (χ1v) is 10.4. The summed E-state index contributed by atoms with van der Waals surface area (Å²) in [5.74, 6) is -0.533. The molecule has 0 radical (unpaired) electrons. The Morgan fingerprint density at radius 2 is 1.85 bits per heavy atom. The number of hydrogen-bond donors (Lipinski definition) is 2. The summed E-state index contributed by atoms with van der Waals surface area (Å²) in [5, 5.41) is 16.8. The van der Waals surface area contributed by atoms with Crippen LogP contribution in [0.25, 0.3) is 0 Å². The van der Waals surface area contributed by atoms with Crippen LogP contribution >= 0.6 is 0 Å². The van der Waals surface area contributed by atoms with Crippen molar-refractivity contribution in [1.82, 2.24) is 0 Å². The van der Waals surface area contributed by atoms with Crippen molar-refractivity contribution in [1.29, 1.82) is 0 Å². The van der Waals surface area contributed by atoms with E-state index in [4.69, 9.17) is 13.9 Å². The largest absolute Gasteiger partial charge is 0.495 e. The molecule has 11 heteroatoms. The Kier molecular flexibility index (Phi) is 6.74. The molecule has 1 saturated heterocycles. The van der Waals surface area contributed by atoms with Gasteiger partial charge in [0.2, 0.25) is 0 Å². The van der Waals surface area contributed by atoms with E-state index in [0.29, 0.717) is 43.4 Å². The Morgan fingerprint density at radius 1 is 1.06 bits per heavy atom. The molecular weight excluding hydrogens is 444 g/mol. The van der Waals surface area contributed by atoms with E-state index < -0.39 is 16.7 Å². The van der Waals surface area contributed by atoms with Gasteiger partial charge in [-0.15, -0.1) is 0 Å². The number of carbonyl (C=O) groups is 2. The average Bonchev–Trinajstić information content (AvgIpc) is 3.40. The number of nitro groups is 1. The van der Waals surface area contributed by atoms with Gasteiger partial charge in [-0.2, -0.15) is 0 Å². The van der Waals surface area contributed by atoms with E-state index in [1.54, 1.807) is 24.3 Å². The Labute approximate surface area is 194 Å². The molecule has 11 nitrogen and oxygen atoms in total. The highest BCUT2D eigenvalue weighted by molar-refractivity contribution is 6.10. The third kappa shape index (κ3) is 4.99. The predicted octanol–water partition coefficient (Wildman–Crippen LogP) is 3.54. The van der Waals surface area contributed by atoms with Crippen LogP contribution in [-0.2, 0) is 4.74 Å². The van der Waals surface area contributed by atoms with Gasteiger partial charge in [-0.25, -0.2) is 0 Å². The molecule has 0 unspecified atom stereocenters. The van der Waals surface area contributed by atoms with Gasteiger partial charge < -0.3 is 29.4 Å². The maximum Gasteiger partial charge on any atom is 0.291 e. The van der Waals surface area contributed by atoms with Crippen LogP contribution in [-0.4, -0.2) is 50.2 Å². The van der Waals surface area contributed by atoms with Crippen molar-refractivity contribution in [3.8, 4) is 5.75 Å². The number of hydrogen-bond acceptors (Lipinski definition) is 8. The molecule has 0 aliphatic carbocycles. The minimum Gasteiger partial charge on any atom is -0.495 e. The molecule has 0 saturated carbocycles. The summed E-state index contributed by atoms with van der Waals surface area (Å²) < 4.78 is 15.8. The number of morpholine rings is 1. The number of amides is 2. The fourth-order valence-corrected chi connectivity index (χ4v) is 3.57. The number of methoxy groups -OCH3 is 1. The standard InChI is InChI=1S/C23H22N4O7/c1-32-20-7-4-15(24-23(29)21-3-2-10-34-21)13-18(20)25-22(28)17-14-16(27(30)31)5-6-19(17)26-8-11-33-12-9-26/h2-7,10,13-14H,8-9,11-12H2,1H3,(H,24,29)(H,25,28). The highest BCUT2D eigenvalue weighted by atomic mass is 16.6. The van der Waals surface area contributed by atoms with E-state index in [9.17, 15) is 19.7 Å². The normalized spacial score (nSPS) is 13.3. The molecule has 0 spiro atoms. The van der Waals surface area contributed by atoms with Crippen molar-refractivity contribution in [2.45, 2.75) is 0 Å². The molecule has 1 aromatic heterocycles. The lowest BCUT2D eigenvalue weighted by Gasteiger charge is -2.30. The van der Waals surface area contributed by atoms with Crippen LogP contribution in [0.3, 0.4) is 0 Å². The highest BCUT2D eigenvalue weighted by Crippen LogP contribution is 2.31. The maximum absolute atomic E-state index is 13.3. The van der Waals surface area contributed by atoms with Gasteiger partial charge in [0.05, 0.1) is 48.4 Å². The fraction of sp³-hybridized carbons (Fsp3) is 0.217. The summed E-state index contributed by atoms with van der Waals surface area (Å²) in [6.45, 7) is 2.08. The zero-order valence-corrected chi connectivity index (χ0v) is 18.3. The van der Waals surface area contributed by atoms with Crippen LogP contribution in [0.1, 0.15) is 20.9 Å². The fourth-order valence-electron chi connectivity index (χ4n) is 3.57. The number of non-ortho nitro benzene ring substituents is 1. The maximum atomic E-state index is 13.3. The molecule has 2 amide bonds. The van der Waals surface area contributed by atoms with Crippen molar-refractivity contribution >= 4 is 34.6 Å². The summed E-state index contributed by atoms with van der Waals surface area (Å²) >= 11 is 0. The SMILES string of the molecule is COc1ccc(NC(=O)c2ccco2)cc1NC(=O)c1cc([N+](=O)[O-])ccc1N1CCOCC1. The lowest BCUT2D eigenvalue weighted by Crippen LogP contribution is -2.37. The molecule has 3 aromatic rings. The van der Waals surface area contributed by atoms with E-state index >= 15 is 0 Å².